The minimum absolute atomic E-state index is 0.177. The number of carbonyl (C=O) groups excluding carboxylic acids is 1. The number of nitrogens with one attached hydrogen (secondary N) is 2. The molecule has 0 fully saturated rings. The van der Waals surface area contributed by atoms with E-state index in [1.165, 1.54) is 12.1 Å². The number of benzene rings is 2. The van der Waals surface area contributed by atoms with Crippen molar-refractivity contribution in [3.8, 4) is 5.75 Å². The summed E-state index contributed by atoms with van der Waals surface area (Å²) >= 11 is 0. The lowest BCUT2D eigenvalue weighted by Crippen LogP contribution is -2.38. The van der Waals surface area contributed by atoms with Crippen LogP contribution in [0.3, 0.4) is 0 Å². The molecule has 0 spiro atoms. The second-order valence-corrected chi connectivity index (χ2v) is 5.57. The van der Waals surface area contributed by atoms with E-state index in [4.69, 9.17) is 9.84 Å². The van der Waals surface area contributed by atoms with E-state index in [0.29, 0.717) is 12.2 Å². The fourth-order valence-electron chi connectivity index (χ4n) is 2.81. The number of ether oxygens (including phenoxy) is 1. The van der Waals surface area contributed by atoms with E-state index in [2.05, 4.69) is 10.6 Å². The second-order valence-electron chi connectivity index (χ2n) is 5.57. The maximum Gasteiger partial charge on any atom is 0.335 e. The number of anilines is 1. The van der Waals surface area contributed by atoms with Gasteiger partial charge in [-0.15, -0.1) is 0 Å². The maximum absolute atomic E-state index is 12.6. The smallest absolute Gasteiger partial charge is 0.335 e. The van der Waals surface area contributed by atoms with E-state index < -0.39 is 12.0 Å². The van der Waals surface area contributed by atoms with Crippen molar-refractivity contribution in [3.05, 3.63) is 59.2 Å². The van der Waals surface area contributed by atoms with Gasteiger partial charge in [-0.2, -0.15) is 0 Å². The van der Waals surface area contributed by atoms with Crippen LogP contribution in [0.2, 0.25) is 0 Å². The predicted molar refractivity (Wildman–Crippen MR) is 89.5 cm³/mol. The van der Waals surface area contributed by atoms with Gasteiger partial charge in [0, 0.05) is 12.2 Å². The second kappa shape index (κ2) is 6.72. The Balaban J connectivity index is 1.78. The van der Waals surface area contributed by atoms with Crippen molar-refractivity contribution >= 4 is 17.6 Å². The zero-order chi connectivity index (χ0) is 17.1. The van der Waals surface area contributed by atoms with Crippen LogP contribution in [0.1, 0.15) is 27.5 Å². The zero-order valence-corrected chi connectivity index (χ0v) is 13.2. The molecule has 1 atom stereocenters. The van der Waals surface area contributed by atoms with Crippen molar-refractivity contribution in [1.29, 1.82) is 0 Å². The van der Waals surface area contributed by atoms with Crippen molar-refractivity contribution in [2.24, 2.45) is 0 Å². The van der Waals surface area contributed by atoms with Gasteiger partial charge in [0.25, 0.3) is 0 Å². The molecular formula is C18H18N2O4. The Bertz CT molecular complexity index is 771. The normalized spacial score (nSPS) is 16.1. The van der Waals surface area contributed by atoms with Crippen LogP contribution < -0.4 is 15.4 Å². The molecule has 1 unspecified atom stereocenters. The summed E-state index contributed by atoms with van der Waals surface area (Å²) in [5.41, 5.74) is 2.77. The highest BCUT2D eigenvalue weighted by Crippen LogP contribution is 2.27. The summed E-state index contributed by atoms with van der Waals surface area (Å²) < 4.78 is 5.23. The Kier molecular flexibility index (Phi) is 4.48. The van der Waals surface area contributed by atoms with E-state index in [1.807, 2.05) is 18.2 Å². The van der Waals surface area contributed by atoms with Gasteiger partial charge in [0.15, 0.2) is 0 Å². The van der Waals surface area contributed by atoms with Crippen LogP contribution in [0, 0.1) is 0 Å². The molecule has 0 saturated heterocycles. The molecule has 1 aliphatic rings. The monoisotopic (exact) mass is 326 g/mol. The zero-order valence-electron chi connectivity index (χ0n) is 13.2. The van der Waals surface area contributed by atoms with E-state index >= 15 is 0 Å². The van der Waals surface area contributed by atoms with Gasteiger partial charge >= 0.3 is 5.97 Å². The average molecular weight is 326 g/mol. The number of hydrogen-bond donors (Lipinski definition) is 3. The summed E-state index contributed by atoms with van der Waals surface area (Å²) in [5.74, 6) is -0.395. The summed E-state index contributed by atoms with van der Waals surface area (Å²) in [6.07, 6.45) is 0.837. The third-order valence-electron chi connectivity index (χ3n) is 4.07. The van der Waals surface area contributed by atoms with E-state index in [0.717, 1.165) is 23.3 Å². The first kappa shape index (κ1) is 16.0. The quantitative estimate of drug-likeness (QED) is 0.802. The van der Waals surface area contributed by atoms with Crippen molar-refractivity contribution in [2.75, 3.05) is 19.0 Å². The molecular weight excluding hydrogens is 308 g/mol. The first-order valence-electron chi connectivity index (χ1n) is 7.63. The van der Waals surface area contributed by atoms with Crippen molar-refractivity contribution in [2.45, 2.75) is 12.5 Å². The summed E-state index contributed by atoms with van der Waals surface area (Å²) in [5, 5.41) is 14.9. The Hall–Kier alpha value is -2.86. The molecule has 24 heavy (non-hydrogen) atoms. The Morgan fingerprint density at radius 1 is 1.21 bits per heavy atom. The number of methoxy groups -OCH3 is 1. The molecule has 6 heteroatoms. The van der Waals surface area contributed by atoms with Crippen molar-refractivity contribution in [3.63, 3.8) is 0 Å². The largest absolute Gasteiger partial charge is 0.497 e. The minimum atomic E-state index is -0.996. The standard InChI is InChI=1S/C18H18N2O4/c1-24-14-6-7-15-12(10-14)8-9-19-16(15)17(21)20-13-4-2-11(3-5-13)18(22)23/h2-7,10,16,19H,8-9H2,1H3,(H,20,21)(H,22,23). The third kappa shape index (κ3) is 3.23. The van der Waals surface area contributed by atoms with Gasteiger partial charge in [-0.1, -0.05) is 6.07 Å². The SMILES string of the molecule is COc1ccc2c(c1)CCNC2C(=O)Nc1ccc(C(=O)O)cc1. The number of rotatable bonds is 4. The molecule has 0 aliphatic carbocycles. The van der Waals surface area contributed by atoms with Crippen LogP contribution in [0.25, 0.3) is 0 Å². The molecule has 0 bridgehead atoms. The van der Waals surface area contributed by atoms with Crippen LogP contribution >= 0.6 is 0 Å². The fraction of sp³-hybridized carbons (Fsp3) is 0.222. The molecule has 1 aliphatic heterocycles. The van der Waals surface area contributed by atoms with E-state index in [-0.39, 0.29) is 11.5 Å². The molecule has 1 amide bonds. The minimum Gasteiger partial charge on any atom is -0.497 e. The van der Waals surface area contributed by atoms with E-state index in [1.54, 1.807) is 19.2 Å². The average Bonchev–Trinajstić information content (AvgIpc) is 2.61. The Morgan fingerprint density at radius 2 is 1.96 bits per heavy atom. The lowest BCUT2D eigenvalue weighted by Gasteiger charge is -2.26. The van der Waals surface area contributed by atoms with Gasteiger partial charge in [0.2, 0.25) is 5.91 Å². The molecule has 124 valence electrons. The third-order valence-corrected chi connectivity index (χ3v) is 4.07. The predicted octanol–water partition coefficient (Wildman–Crippen LogP) is 2.22. The number of carboxylic acids is 1. The van der Waals surface area contributed by atoms with Crippen LogP contribution in [-0.2, 0) is 11.2 Å². The molecule has 0 radical (unpaired) electrons. The van der Waals surface area contributed by atoms with E-state index in [9.17, 15) is 9.59 Å². The highest BCUT2D eigenvalue weighted by Gasteiger charge is 2.26. The molecule has 2 aromatic carbocycles. The molecule has 1 heterocycles. The first-order valence-corrected chi connectivity index (χ1v) is 7.63. The lowest BCUT2D eigenvalue weighted by atomic mass is 9.93. The molecule has 0 aromatic heterocycles. The van der Waals surface area contributed by atoms with Gasteiger partial charge in [-0.05, 0) is 53.9 Å². The van der Waals surface area contributed by atoms with Gasteiger partial charge in [-0.3, -0.25) is 4.79 Å². The lowest BCUT2D eigenvalue weighted by molar-refractivity contribution is -0.118. The van der Waals surface area contributed by atoms with Gasteiger partial charge in [-0.25, -0.2) is 4.79 Å². The summed E-state index contributed by atoms with van der Waals surface area (Å²) in [6.45, 7) is 0.705. The molecule has 2 aromatic rings. The topological polar surface area (TPSA) is 87.7 Å². The van der Waals surface area contributed by atoms with Gasteiger partial charge in [0.1, 0.15) is 11.8 Å². The summed E-state index contributed by atoms with van der Waals surface area (Å²) in [7, 11) is 1.62. The Morgan fingerprint density at radius 3 is 2.62 bits per heavy atom. The van der Waals surface area contributed by atoms with Crippen LogP contribution in [0.4, 0.5) is 5.69 Å². The first-order chi connectivity index (χ1) is 11.6. The molecule has 3 rings (SSSR count). The highest BCUT2D eigenvalue weighted by molar-refractivity contribution is 5.96. The van der Waals surface area contributed by atoms with Crippen molar-refractivity contribution < 1.29 is 19.4 Å². The number of fused-ring (bicyclic) bond motifs is 1. The fourth-order valence-corrected chi connectivity index (χ4v) is 2.81. The molecule has 3 N–H and O–H groups in total. The molecule has 0 saturated carbocycles. The van der Waals surface area contributed by atoms with Crippen LogP contribution in [-0.4, -0.2) is 30.6 Å². The van der Waals surface area contributed by atoms with Crippen LogP contribution in [0.5, 0.6) is 5.75 Å². The number of carboxylic acid groups (broad SMARTS) is 1. The number of carbonyl (C=O) groups is 2. The summed E-state index contributed by atoms with van der Waals surface area (Å²) in [6, 6.07) is 11.3. The highest BCUT2D eigenvalue weighted by atomic mass is 16.5. The number of amides is 1. The van der Waals surface area contributed by atoms with Crippen molar-refractivity contribution in [1.82, 2.24) is 5.32 Å². The number of aromatic carboxylic acids is 1. The van der Waals surface area contributed by atoms with Gasteiger partial charge in [0.05, 0.1) is 12.7 Å². The Labute approximate surface area is 139 Å². The number of hydrogen-bond acceptors (Lipinski definition) is 4. The van der Waals surface area contributed by atoms with Crippen LogP contribution in [0.15, 0.2) is 42.5 Å². The molecule has 6 nitrogen and oxygen atoms in total. The van der Waals surface area contributed by atoms with Gasteiger partial charge < -0.3 is 20.5 Å². The summed E-state index contributed by atoms with van der Waals surface area (Å²) in [4.78, 5) is 23.4. The maximum atomic E-state index is 12.6.